The number of rotatable bonds is 6. The lowest BCUT2D eigenvalue weighted by molar-refractivity contribution is -0.122. The molecule has 3 heterocycles. The van der Waals surface area contributed by atoms with Crippen LogP contribution in [0.15, 0.2) is 56.3 Å². The molecule has 136 valence electrons. The predicted molar refractivity (Wildman–Crippen MR) is 95.7 cm³/mol. The molecule has 0 saturated carbocycles. The maximum Gasteiger partial charge on any atom is 0.420 e. The van der Waals surface area contributed by atoms with Crippen molar-refractivity contribution in [2.45, 2.75) is 25.4 Å². The van der Waals surface area contributed by atoms with Crippen molar-refractivity contribution in [1.82, 2.24) is 14.8 Å². The van der Waals surface area contributed by atoms with Crippen molar-refractivity contribution in [3.63, 3.8) is 0 Å². The third-order valence-corrected chi connectivity index (χ3v) is 4.82. The fraction of sp³-hybridized carbons (Fsp3) is 0.368. The monoisotopic (exact) mass is 355 g/mol. The summed E-state index contributed by atoms with van der Waals surface area (Å²) in [6, 6.07) is 10.9. The minimum absolute atomic E-state index is 0.00858. The third kappa shape index (κ3) is 3.30. The SMILES string of the molecule is O=C(Cn1c(=O)oc2ccccc21)NCC(c1ccco1)N1CCCC1. The number of likely N-dealkylation sites (tertiary alicyclic amines) is 1. The van der Waals surface area contributed by atoms with Crippen LogP contribution in [0.1, 0.15) is 24.6 Å². The van der Waals surface area contributed by atoms with E-state index >= 15 is 0 Å². The molecule has 1 amide bonds. The summed E-state index contributed by atoms with van der Waals surface area (Å²) < 4.78 is 12.1. The molecule has 1 aliphatic rings. The number of hydrogen-bond donors (Lipinski definition) is 1. The number of benzene rings is 1. The smallest absolute Gasteiger partial charge is 0.420 e. The standard InChI is InChI=1S/C19H21N3O4/c23-18(13-22-14-6-1-2-7-17(14)26-19(22)24)20-12-15(16-8-5-11-25-16)21-9-3-4-10-21/h1-2,5-8,11,15H,3-4,9-10,12-13H2,(H,20,23). The zero-order chi connectivity index (χ0) is 17.9. The molecule has 3 aromatic rings. The van der Waals surface area contributed by atoms with Crippen molar-refractivity contribution < 1.29 is 13.6 Å². The summed E-state index contributed by atoms with van der Waals surface area (Å²) >= 11 is 0. The van der Waals surface area contributed by atoms with Crippen LogP contribution in [0.2, 0.25) is 0 Å². The Morgan fingerprint density at radius 1 is 1.15 bits per heavy atom. The Kier molecular flexibility index (Phi) is 4.62. The summed E-state index contributed by atoms with van der Waals surface area (Å²) in [5.74, 6) is 0.0935. The number of carbonyl (C=O) groups excluding carboxylic acids is 1. The molecule has 1 saturated heterocycles. The summed E-state index contributed by atoms with van der Waals surface area (Å²) in [6.45, 7) is 2.36. The van der Waals surface area contributed by atoms with Crippen LogP contribution >= 0.6 is 0 Å². The lowest BCUT2D eigenvalue weighted by atomic mass is 10.2. The van der Waals surface area contributed by atoms with E-state index in [-0.39, 0.29) is 18.5 Å². The number of nitrogens with zero attached hydrogens (tertiary/aromatic N) is 2. The van der Waals surface area contributed by atoms with Crippen LogP contribution in [0.5, 0.6) is 0 Å². The van der Waals surface area contributed by atoms with Gasteiger partial charge in [0, 0.05) is 6.54 Å². The largest absolute Gasteiger partial charge is 0.468 e. The van der Waals surface area contributed by atoms with Crippen LogP contribution in [0.3, 0.4) is 0 Å². The molecule has 7 nitrogen and oxygen atoms in total. The Hall–Kier alpha value is -2.80. The average Bonchev–Trinajstić information content (AvgIpc) is 3.38. The predicted octanol–water partition coefficient (Wildman–Crippen LogP) is 2.14. The van der Waals surface area contributed by atoms with Crippen LogP contribution < -0.4 is 11.1 Å². The van der Waals surface area contributed by atoms with Gasteiger partial charge < -0.3 is 14.2 Å². The molecule has 1 aromatic carbocycles. The molecule has 0 radical (unpaired) electrons. The molecule has 26 heavy (non-hydrogen) atoms. The highest BCUT2D eigenvalue weighted by Crippen LogP contribution is 2.24. The first kappa shape index (κ1) is 16.7. The summed E-state index contributed by atoms with van der Waals surface area (Å²) in [7, 11) is 0. The molecule has 0 aliphatic carbocycles. The van der Waals surface area contributed by atoms with Crippen LogP contribution in [-0.4, -0.2) is 35.0 Å². The van der Waals surface area contributed by atoms with E-state index in [0.29, 0.717) is 17.6 Å². The van der Waals surface area contributed by atoms with E-state index in [4.69, 9.17) is 8.83 Å². The van der Waals surface area contributed by atoms with E-state index in [0.717, 1.165) is 31.7 Å². The van der Waals surface area contributed by atoms with Crippen molar-refractivity contribution in [3.05, 3.63) is 59.0 Å². The molecular formula is C19H21N3O4. The molecule has 0 bridgehead atoms. The van der Waals surface area contributed by atoms with Gasteiger partial charge in [-0.1, -0.05) is 12.1 Å². The van der Waals surface area contributed by atoms with Gasteiger partial charge in [-0.3, -0.25) is 14.3 Å². The van der Waals surface area contributed by atoms with Crippen molar-refractivity contribution in [2.75, 3.05) is 19.6 Å². The average molecular weight is 355 g/mol. The first-order chi connectivity index (χ1) is 12.7. The second kappa shape index (κ2) is 7.21. The molecule has 7 heteroatoms. The molecule has 0 spiro atoms. The third-order valence-electron chi connectivity index (χ3n) is 4.82. The zero-order valence-electron chi connectivity index (χ0n) is 14.4. The van der Waals surface area contributed by atoms with E-state index < -0.39 is 5.76 Å². The zero-order valence-corrected chi connectivity index (χ0v) is 14.4. The van der Waals surface area contributed by atoms with Crippen molar-refractivity contribution in [1.29, 1.82) is 0 Å². The number of carbonyl (C=O) groups is 1. The van der Waals surface area contributed by atoms with Crippen LogP contribution in [-0.2, 0) is 11.3 Å². The second-order valence-corrected chi connectivity index (χ2v) is 6.50. The Bertz CT molecular complexity index is 935. The minimum Gasteiger partial charge on any atom is -0.468 e. The maximum atomic E-state index is 12.4. The molecule has 2 aromatic heterocycles. The van der Waals surface area contributed by atoms with E-state index in [1.165, 1.54) is 4.57 Å². The van der Waals surface area contributed by atoms with E-state index in [9.17, 15) is 9.59 Å². The Morgan fingerprint density at radius 3 is 2.73 bits per heavy atom. The number of para-hydroxylation sites is 2. The van der Waals surface area contributed by atoms with E-state index in [1.807, 2.05) is 18.2 Å². The van der Waals surface area contributed by atoms with E-state index in [2.05, 4.69) is 10.2 Å². The minimum atomic E-state index is -0.525. The van der Waals surface area contributed by atoms with Gasteiger partial charge in [0.15, 0.2) is 5.58 Å². The highest BCUT2D eigenvalue weighted by atomic mass is 16.4. The number of aromatic nitrogens is 1. The summed E-state index contributed by atoms with van der Waals surface area (Å²) in [6.07, 6.45) is 3.96. The normalized spacial score (nSPS) is 16.2. The highest BCUT2D eigenvalue weighted by molar-refractivity contribution is 5.79. The quantitative estimate of drug-likeness (QED) is 0.733. The van der Waals surface area contributed by atoms with Gasteiger partial charge in [-0.25, -0.2) is 4.79 Å². The molecular weight excluding hydrogens is 334 g/mol. The molecule has 1 aliphatic heterocycles. The molecule has 1 N–H and O–H groups in total. The van der Waals surface area contributed by atoms with Crippen molar-refractivity contribution >= 4 is 17.0 Å². The van der Waals surface area contributed by atoms with Gasteiger partial charge in [0.25, 0.3) is 0 Å². The summed E-state index contributed by atoms with van der Waals surface area (Å²) in [4.78, 5) is 26.8. The van der Waals surface area contributed by atoms with Crippen molar-refractivity contribution in [2.24, 2.45) is 0 Å². The van der Waals surface area contributed by atoms with Crippen LogP contribution in [0.25, 0.3) is 11.1 Å². The Labute approximate surface area is 150 Å². The highest BCUT2D eigenvalue weighted by Gasteiger charge is 2.26. The van der Waals surface area contributed by atoms with Gasteiger partial charge in [0.1, 0.15) is 12.3 Å². The van der Waals surface area contributed by atoms with Gasteiger partial charge in [0.05, 0.1) is 17.8 Å². The summed E-state index contributed by atoms with van der Waals surface area (Å²) in [5, 5.41) is 2.94. The lowest BCUT2D eigenvalue weighted by Gasteiger charge is -2.26. The molecule has 1 atom stereocenters. The number of nitrogens with one attached hydrogen (secondary N) is 1. The molecule has 4 rings (SSSR count). The first-order valence-corrected chi connectivity index (χ1v) is 8.85. The van der Waals surface area contributed by atoms with Gasteiger partial charge in [-0.15, -0.1) is 0 Å². The maximum absolute atomic E-state index is 12.4. The first-order valence-electron chi connectivity index (χ1n) is 8.85. The summed E-state index contributed by atoms with van der Waals surface area (Å²) in [5.41, 5.74) is 1.10. The Morgan fingerprint density at radius 2 is 1.96 bits per heavy atom. The second-order valence-electron chi connectivity index (χ2n) is 6.50. The number of amides is 1. The van der Waals surface area contributed by atoms with E-state index in [1.54, 1.807) is 24.5 Å². The van der Waals surface area contributed by atoms with Crippen LogP contribution in [0, 0.1) is 0 Å². The van der Waals surface area contributed by atoms with Gasteiger partial charge in [-0.05, 0) is 50.2 Å². The van der Waals surface area contributed by atoms with Gasteiger partial charge >= 0.3 is 5.76 Å². The molecule has 1 fully saturated rings. The van der Waals surface area contributed by atoms with Gasteiger partial charge in [0.2, 0.25) is 5.91 Å². The van der Waals surface area contributed by atoms with Crippen molar-refractivity contribution in [3.8, 4) is 0 Å². The van der Waals surface area contributed by atoms with Crippen LogP contribution in [0.4, 0.5) is 0 Å². The Balaban J connectivity index is 1.45. The topological polar surface area (TPSA) is 80.6 Å². The number of oxazole rings is 1. The number of furan rings is 1. The van der Waals surface area contributed by atoms with Gasteiger partial charge in [-0.2, -0.15) is 0 Å². The fourth-order valence-corrected chi connectivity index (χ4v) is 3.52. The molecule has 1 unspecified atom stereocenters. The number of hydrogen-bond acceptors (Lipinski definition) is 5. The fourth-order valence-electron chi connectivity index (χ4n) is 3.52. The lowest BCUT2D eigenvalue weighted by Crippen LogP contribution is -2.38. The number of fused-ring (bicyclic) bond motifs is 1.